The number of rotatable bonds is 7. The maximum Gasteiger partial charge on any atom is 0.232 e. The summed E-state index contributed by atoms with van der Waals surface area (Å²) in [6.07, 6.45) is 4.77. The van der Waals surface area contributed by atoms with E-state index < -0.39 is 15.4 Å². The van der Waals surface area contributed by atoms with Crippen LogP contribution in [0.25, 0.3) is 0 Å². The Morgan fingerprint density at radius 1 is 1.00 bits per heavy atom. The van der Waals surface area contributed by atoms with Crippen molar-refractivity contribution in [2.24, 2.45) is 0 Å². The van der Waals surface area contributed by atoms with Crippen molar-refractivity contribution < 1.29 is 13.2 Å². The Morgan fingerprint density at radius 2 is 1.62 bits per heavy atom. The molecule has 2 aromatic rings. The molecule has 2 N–H and O–H groups in total. The molecule has 0 saturated heterocycles. The van der Waals surface area contributed by atoms with Gasteiger partial charge in [0.1, 0.15) is 0 Å². The zero-order valence-corrected chi connectivity index (χ0v) is 18.0. The number of carbonyl (C=O) groups is 1. The first-order chi connectivity index (χ1) is 13.9. The Hall–Kier alpha value is -2.34. The third kappa shape index (κ3) is 4.99. The topological polar surface area (TPSA) is 75.3 Å². The number of nitrogens with one attached hydrogen (secondary N) is 2. The quantitative estimate of drug-likeness (QED) is 0.699. The molecule has 1 saturated carbocycles. The summed E-state index contributed by atoms with van der Waals surface area (Å²) in [5.74, 6) is 0.0776. The van der Waals surface area contributed by atoms with Gasteiger partial charge in [-0.15, -0.1) is 0 Å². The van der Waals surface area contributed by atoms with Crippen molar-refractivity contribution in [3.8, 4) is 0 Å². The number of benzene rings is 2. The highest BCUT2D eigenvalue weighted by Gasteiger charge is 2.41. The molecule has 1 atom stereocenters. The van der Waals surface area contributed by atoms with Gasteiger partial charge in [-0.2, -0.15) is 0 Å². The van der Waals surface area contributed by atoms with Gasteiger partial charge >= 0.3 is 0 Å². The lowest BCUT2D eigenvalue weighted by molar-refractivity contribution is -0.128. The first-order valence-corrected chi connectivity index (χ1v) is 12.0. The third-order valence-corrected chi connectivity index (χ3v) is 7.19. The van der Waals surface area contributed by atoms with Crippen LogP contribution >= 0.6 is 0 Å². The molecule has 0 aromatic heterocycles. The van der Waals surface area contributed by atoms with Crippen molar-refractivity contribution in [3.63, 3.8) is 0 Å². The monoisotopic (exact) mass is 414 g/mol. The van der Waals surface area contributed by atoms with Crippen LogP contribution in [0.5, 0.6) is 0 Å². The van der Waals surface area contributed by atoms with E-state index in [1.165, 1.54) is 0 Å². The lowest BCUT2D eigenvalue weighted by atomic mass is 9.68. The van der Waals surface area contributed by atoms with Gasteiger partial charge in [0.05, 0.1) is 17.2 Å². The van der Waals surface area contributed by atoms with E-state index >= 15 is 0 Å². The minimum atomic E-state index is -3.32. The Balaban J connectivity index is 1.83. The molecule has 1 fully saturated rings. The van der Waals surface area contributed by atoms with Crippen LogP contribution in [0.3, 0.4) is 0 Å². The maximum absolute atomic E-state index is 13.4. The summed E-state index contributed by atoms with van der Waals surface area (Å²) in [5.41, 5.74) is 1.99. The van der Waals surface area contributed by atoms with Crippen LogP contribution in [-0.2, 0) is 20.2 Å². The van der Waals surface area contributed by atoms with Gasteiger partial charge in [0.2, 0.25) is 15.9 Å². The molecule has 3 rings (SSSR count). The van der Waals surface area contributed by atoms with E-state index in [4.69, 9.17) is 0 Å². The van der Waals surface area contributed by atoms with Crippen LogP contribution < -0.4 is 10.0 Å². The number of hydrogen-bond acceptors (Lipinski definition) is 3. The van der Waals surface area contributed by atoms with E-state index in [0.29, 0.717) is 5.69 Å². The van der Waals surface area contributed by atoms with Gasteiger partial charge in [0.15, 0.2) is 0 Å². The van der Waals surface area contributed by atoms with Crippen LogP contribution in [0.15, 0.2) is 54.6 Å². The molecule has 1 unspecified atom stereocenters. The second-order valence-electron chi connectivity index (χ2n) is 7.83. The Bertz CT molecular complexity index is 918. The van der Waals surface area contributed by atoms with Crippen LogP contribution in [0.2, 0.25) is 0 Å². The second kappa shape index (κ2) is 8.99. The molecule has 0 spiro atoms. The molecule has 1 aliphatic carbocycles. The van der Waals surface area contributed by atoms with E-state index in [1.807, 2.05) is 49.4 Å². The fraction of sp³-hybridized carbons (Fsp3) is 0.435. The molecule has 1 aliphatic rings. The zero-order chi connectivity index (χ0) is 20.9. The summed E-state index contributed by atoms with van der Waals surface area (Å²) in [6.45, 7) is 3.61. The number of carbonyl (C=O) groups excluding carboxylic acids is 1. The summed E-state index contributed by atoms with van der Waals surface area (Å²) < 4.78 is 26.2. The average molecular weight is 415 g/mol. The molecular formula is C23H30N2O3S. The van der Waals surface area contributed by atoms with Crippen LogP contribution in [0, 0.1) is 0 Å². The highest BCUT2D eigenvalue weighted by molar-refractivity contribution is 7.92. The third-order valence-electron chi connectivity index (χ3n) is 5.88. The molecule has 0 heterocycles. The van der Waals surface area contributed by atoms with Gasteiger partial charge < -0.3 is 5.32 Å². The van der Waals surface area contributed by atoms with Gasteiger partial charge in [0, 0.05) is 5.69 Å². The van der Waals surface area contributed by atoms with Crippen molar-refractivity contribution in [1.29, 1.82) is 0 Å². The van der Waals surface area contributed by atoms with E-state index in [9.17, 15) is 13.2 Å². The fourth-order valence-corrected chi connectivity index (χ4v) is 4.71. The predicted molar refractivity (Wildman–Crippen MR) is 117 cm³/mol. The number of anilines is 1. The van der Waals surface area contributed by atoms with E-state index in [2.05, 4.69) is 10.0 Å². The zero-order valence-electron chi connectivity index (χ0n) is 17.1. The van der Waals surface area contributed by atoms with E-state index in [-0.39, 0.29) is 17.7 Å². The van der Waals surface area contributed by atoms with Gasteiger partial charge in [0.25, 0.3) is 0 Å². The lowest BCUT2D eigenvalue weighted by Gasteiger charge is -2.37. The fourth-order valence-electron chi connectivity index (χ4n) is 4.07. The first-order valence-electron chi connectivity index (χ1n) is 10.3. The van der Waals surface area contributed by atoms with Crippen molar-refractivity contribution in [3.05, 3.63) is 65.7 Å². The number of sulfonamides is 1. The molecule has 0 aliphatic heterocycles. The van der Waals surface area contributed by atoms with Gasteiger partial charge in [-0.25, -0.2) is 8.42 Å². The number of amides is 1. The molecular weight excluding hydrogens is 384 g/mol. The van der Waals surface area contributed by atoms with Crippen molar-refractivity contribution in [2.45, 2.75) is 57.4 Å². The standard InChI is InChI=1S/C23H30N2O3S/c1-3-29(27,28)25-21-14-12-20(13-15-21)23(16-8-5-9-17-23)22(26)24-18(2)19-10-6-4-7-11-19/h4,6-7,10-15,18,25H,3,5,8-9,16-17H2,1-2H3,(H,24,26). The van der Waals surface area contributed by atoms with Crippen LogP contribution in [-0.4, -0.2) is 20.1 Å². The van der Waals surface area contributed by atoms with Crippen molar-refractivity contribution in [1.82, 2.24) is 5.32 Å². The maximum atomic E-state index is 13.4. The summed E-state index contributed by atoms with van der Waals surface area (Å²) in [7, 11) is -3.32. The van der Waals surface area contributed by atoms with Gasteiger partial charge in [-0.1, -0.05) is 61.7 Å². The molecule has 0 bridgehead atoms. The molecule has 29 heavy (non-hydrogen) atoms. The first kappa shape index (κ1) is 21.4. The SMILES string of the molecule is CCS(=O)(=O)Nc1ccc(C2(C(=O)NC(C)c3ccccc3)CCCCC2)cc1. The normalized spacial score (nSPS) is 17.3. The minimum absolute atomic E-state index is 0.0263. The largest absolute Gasteiger partial charge is 0.349 e. The minimum Gasteiger partial charge on any atom is -0.349 e. The molecule has 156 valence electrons. The molecule has 0 radical (unpaired) electrons. The smallest absolute Gasteiger partial charge is 0.232 e. The summed E-state index contributed by atoms with van der Waals surface area (Å²) >= 11 is 0. The molecule has 5 nitrogen and oxygen atoms in total. The van der Waals surface area contributed by atoms with Crippen molar-refractivity contribution >= 4 is 21.6 Å². The van der Waals surface area contributed by atoms with Gasteiger partial charge in [-0.3, -0.25) is 9.52 Å². The Kier molecular flexibility index (Phi) is 6.63. The lowest BCUT2D eigenvalue weighted by Crippen LogP contribution is -2.46. The molecule has 2 aromatic carbocycles. The summed E-state index contributed by atoms with van der Waals surface area (Å²) in [5, 5.41) is 3.22. The van der Waals surface area contributed by atoms with Crippen molar-refractivity contribution in [2.75, 3.05) is 10.5 Å². The Labute approximate surface area is 174 Å². The van der Waals surface area contributed by atoms with E-state index in [1.54, 1.807) is 19.1 Å². The van der Waals surface area contributed by atoms with Crippen LogP contribution in [0.1, 0.15) is 63.1 Å². The van der Waals surface area contributed by atoms with E-state index in [0.717, 1.165) is 43.2 Å². The Morgan fingerprint density at radius 3 is 2.21 bits per heavy atom. The molecule has 1 amide bonds. The highest BCUT2D eigenvalue weighted by Crippen LogP contribution is 2.40. The highest BCUT2D eigenvalue weighted by atomic mass is 32.2. The average Bonchev–Trinajstić information content (AvgIpc) is 2.75. The predicted octanol–water partition coefficient (Wildman–Crippen LogP) is 4.53. The molecule has 6 heteroatoms. The second-order valence-corrected chi connectivity index (χ2v) is 9.84. The number of hydrogen-bond donors (Lipinski definition) is 2. The summed E-state index contributed by atoms with van der Waals surface area (Å²) in [6, 6.07) is 17.2. The van der Waals surface area contributed by atoms with Gasteiger partial charge in [-0.05, 0) is 49.9 Å². The summed E-state index contributed by atoms with van der Waals surface area (Å²) in [4.78, 5) is 13.4. The van der Waals surface area contributed by atoms with Crippen LogP contribution in [0.4, 0.5) is 5.69 Å².